The van der Waals surface area contributed by atoms with Crippen LogP contribution >= 0.6 is 24.8 Å². The van der Waals surface area contributed by atoms with Crippen LogP contribution in [-0.4, -0.2) is 9.80 Å². The van der Waals surface area contributed by atoms with Crippen molar-refractivity contribution in [2.45, 2.75) is 0 Å². The summed E-state index contributed by atoms with van der Waals surface area (Å²) in [6.07, 6.45) is 4.56. The van der Waals surface area contributed by atoms with E-state index in [9.17, 15) is 0 Å². The van der Waals surface area contributed by atoms with Gasteiger partial charge < -0.3 is 12.4 Å². The van der Waals surface area contributed by atoms with Crippen molar-refractivity contribution in [1.82, 2.24) is 4.98 Å². The summed E-state index contributed by atoms with van der Waals surface area (Å²) in [7, 11) is 0. The molecule has 4 heteroatoms. The number of fused-ring (bicyclic) bond motifs is 1. The molecule has 1 aromatic heterocycles. The third-order valence-corrected chi connectivity index (χ3v) is 1.99. The molecule has 1 N–H and O–H groups in total. The summed E-state index contributed by atoms with van der Waals surface area (Å²) in [6.45, 7) is 0. The molecule has 0 aliphatic heterocycles. The Kier molecular flexibility index (Phi) is 18.9. The summed E-state index contributed by atoms with van der Waals surface area (Å²) in [4.78, 5) is 5.99. The Bertz CT molecular complexity index is 444. The molecule has 0 aliphatic rings. The van der Waals surface area contributed by atoms with E-state index < -0.39 is 0 Å². The molecule has 0 saturated carbocycles. The molecule has 1 heterocycles. The summed E-state index contributed by atoms with van der Waals surface area (Å²) >= 11 is 1.75. The molecule has 0 aliphatic carbocycles. The van der Waals surface area contributed by atoms with Gasteiger partial charge in [-0.2, -0.15) is 35.8 Å². The Labute approximate surface area is 139 Å². The number of benzene rings is 1. The molecule has 0 saturated heterocycles. The Morgan fingerprint density at radius 1 is 1.05 bits per heavy atom. The fourth-order valence-corrected chi connectivity index (χ4v) is 1.31. The Hall–Kier alpha value is -0.726. The fraction of sp³-hybridized carbons (Fsp3) is 0. The van der Waals surface area contributed by atoms with Gasteiger partial charge in [0.05, 0.1) is 0 Å². The number of hydrogen-bond acceptors (Lipinski definition) is 0. The SMILES string of the molecule is Cl.Cl.[CH2]=[Ti].[CH3-].[c-]1ccc[nH]1.c1ccc2[cH-]ccc2c1. The van der Waals surface area contributed by atoms with Crippen LogP contribution in [-0.2, 0) is 20.0 Å². The van der Waals surface area contributed by atoms with E-state index in [1.165, 1.54) is 10.8 Å². The van der Waals surface area contributed by atoms with Crippen LogP contribution in [0.15, 0.2) is 60.8 Å². The summed E-state index contributed by atoms with van der Waals surface area (Å²) < 4.78 is 0. The van der Waals surface area contributed by atoms with Crippen LogP contribution in [0.1, 0.15) is 0 Å². The van der Waals surface area contributed by atoms with Gasteiger partial charge in [0.25, 0.3) is 0 Å². The summed E-state index contributed by atoms with van der Waals surface area (Å²) in [5, 5.41) is 2.66. The molecule has 3 rings (SSSR count). The van der Waals surface area contributed by atoms with Crippen LogP contribution in [0.4, 0.5) is 0 Å². The molecule has 0 atom stereocenters. The topological polar surface area (TPSA) is 15.8 Å². The van der Waals surface area contributed by atoms with Crippen LogP contribution in [0.25, 0.3) is 10.8 Å². The maximum atomic E-state index is 3.25. The normalized spacial score (nSPS) is 7.11. The van der Waals surface area contributed by atoms with Crippen molar-refractivity contribution in [1.29, 1.82) is 0 Å². The van der Waals surface area contributed by atoms with Gasteiger partial charge in [0, 0.05) is 0 Å². The summed E-state index contributed by atoms with van der Waals surface area (Å²) in [6, 6.07) is 18.4. The second kappa shape index (κ2) is 15.3. The molecule has 1 nitrogen and oxygen atoms in total. The van der Waals surface area contributed by atoms with E-state index in [1.807, 2.05) is 18.3 Å². The quantitative estimate of drug-likeness (QED) is 0.457. The maximum absolute atomic E-state index is 3.25. The van der Waals surface area contributed by atoms with Gasteiger partial charge in [0.15, 0.2) is 0 Å². The minimum absolute atomic E-state index is 0. The first-order chi connectivity index (χ1) is 7.97. The number of rotatable bonds is 0. The minimum Gasteiger partial charge on any atom is -0.484 e. The number of halogens is 2. The third kappa shape index (κ3) is 8.90. The molecule has 0 amide bonds. The number of hydrogen-bond donors (Lipinski definition) is 1. The van der Waals surface area contributed by atoms with Crippen LogP contribution in [0.5, 0.6) is 0 Å². The number of H-pyrrole nitrogens is 1. The Morgan fingerprint density at radius 3 is 2.21 bits per heavy atom. The van der Waals surface area contributed by atoms with Crippen molar-refractivity contribution in [3.8, 4) is 0 Å². The Morgan fingerprint density at radius 2 is 1.74 bits per heavy atom. The number of aromatic amines is 1. The zero-order chi connectivity index (χ0) is 11.6. The van der Waals surface area contributed by atoms with Crippen molar-refractivity contribution in [2.24, 2.45) is 0 Å². The van der Waals surface area contributed by atoms with Gasteiger partial charge in [-0.05, 0) is 0 Å². The van der Waals surface area contributed by atoms with Gasteiger partial charge in [0.1, 0.15) is 0 Å². The smallest absolute Gasteiger partial charge is 0.0809 e. The minimum atomic E-state index is 0. The van der Waals surface area contributed by atoms with Gasteiger partial charge in [-0.15, -0.1) is 60.7 Å². The van der Waals surface area contributed by atoms with E-state index in [0.717, 1.165) is 0 Å². The first-order valence-corrected chi connectivity index (χ1v) is 6.02. The van der Waals surface area contributed by atoms with E-state index in [2.05, 4.69) is 58.5 Å². The van der Waals surface area contributed by atoms with E-state index in [4.69, 9.17) is 0 Å². The standard InChI is InChI=1S/C9H7.C4H4N.CH3.CH2.2ClH.Ti/c1-2-5-9-7-3-6-8(9)4-1;1-2-4-5-3-1;;;;;/h1-7H;1-3,5H;1H3;1H2;2*1H;/q3*-1;;;;. The predicted octanol–water partition coefficient (Wildman–Crippen LogP) is 4.63. The van der Waals surface area contributed by atoms with Crippen LogP contribution in [0.3, 0.4) is 0 Å². The second-order valence-electron chi connectivity index (χ2n) is 2.97. The van der Waals surface area contributed by atoms with Crippen molar-refractivity contribution in [3.63, 3.8) is 0 Å². The summed E-state index contributed by atoms with van der Waals surface area (Å²) in [5.41, 5.74) is 0. The molecular weight excluding hydrogens is 313 g/mol. The average molecular weight is 331 g/mol. The molecule has 0 radical (unpaired) electrons. The van der Waals surface area contributed by atoms with E-state index in [0.29, 0.717) is 0 Å². The zero-order valence-electron chi connectivity index (χ0n) is 10.8. The molecule has 0 spiro atoms. The van der Waals surface area contributed by atoms with E-state index in [1.54, 1.807) is 20.0 Å². The monoisotopic (exact) mass is 330 g/mol. The molecule has 19 heavy (non-hydrogen) atoms. The third-order valence-electron chi connectivity index (χ3n) is 1.99. The first-order valence-electron chi connectivity index (χ1n) is 4.92. The van der Waals surface area contributed by atoms with Gasteiger partial charge in [0.2, 0.25) is 0 Å². The van der Waals surface area contributed by atoms with Crippen LogP contribution < -0.4 is 0 Å². The molecule has 0 fully saturated rings. The van der Waals surface area contributed by atoms with Crippen LogP contribution in [0, 0.1) is 13.6 Å². The van der Waals surface area contributed by atoms with E-state index >= 15 is 0 Å². The average Bonchev–Trinajstić information content (AvgIpc) is 3.06. The molecular formula is C15H18Cl2NTi-3. The maximum Gasteiger partial charge on any atom is -0.0809 e. The van der Waals surface area contributed by atoms with Gasteiger partial charge >= 0.3 is 24.8 Å². The van der Waals surface area contributed by atoms with Crippen molar-refractivity contribution in [2.75, 3.05) is 0 Å². The predicted molar refractivity (Wildman–Crippen MR) is 87.2 cm³/mol. The zero-order valence-corrected chi connectivity index (χ0v) is 14.0. The molecule has 2 aromatic carbocycles. The Balaban J connectivity index is -0.000000227. The van der Waals surface area contributed by atoms with Crippen molar-refractivity contribution < 1.29 is 20.0 Å². The molecule has 3 aromatic rings. The number of nitrogens with one attached hydrogen (secondary N) is 1. The fourth-order valence-electron chi connectivity index (χ4n) is 1.31. The van der Waals surface area contributed by atoms with Crippen molar-refractivity contribution >= 4 is 40.4 Å². The molecule has 0 bridgehead atoms. The first kappa shape index (κ1) is 23.4. The van der Waals surface area contributed by atoms with Gasteiger partial charge in [-0.3, -0.25) is 0 Å². The van der Waals surface area contributed by atoms with E-state index in [-0.39, 0.29) is 32.2 Å². The second-order valence-corrected chi connectivity index (χ2v) is 2.97. The molecule has 0 unspecified atom stereocenters. The van der Waals surface area contributed by atoms with Crippen LogP contribution in [0.2, 0.25) is 0 Å². The largest absolute Gasteiger partial charge is 0.484 e. The van der Waals surface area contributed by atoms with Gasteiger partial charge in [-0.25, -0.2) is 0 Å². The van der Waals surface area contributed by atoms with Crippen molar-refractivity contribution in [3.05, 3.63) is 74.4 Å². The summed E-state index contributed by atoms with van der Waals surface area (Å²) in [5.74, 6) is 0. The van der Waals surface area contributed by atoms with Gasteiger partial charge in [-0.1, -0.05) is 6.07 Å². The number of aromatic nitrogens is 1. The molecule has 104 valence electrons.